The van der Waals surface area contributed by atoms with Gasteiger partial charge in [-0.3, -0.25) is 4.68 Å². The van der Waals surface area contributed by atoms with E-state index < -0.39 is 0 Å². The largest absolute Gasteiger partial charge is 0.496 e. The number of methoxy groups -OCH3 is 1. The predicted molar refractivity (Wildman–Crippen MR) is 73.0 cm³/mol. The number of aromatic nitrogens is 2. The molecule has 1 aromatic carbocycles. The van der Waals surface area contributed by atoms with Crippen LogP contribution in [0.4, 0.5) is 5.69 Å². The first-order chi connectivity index (χ1) is 8.60. The summed E-state index contributed by atoms with van der Waals surface area (Å²) in [6.07, 6.45) is 3.79. The Hall–Kier alpha value is -1.97. The van der Waals surface area contributed by atoms with Crippen molar-refractivity contribution in [3.8, 4) is 5.75 Å². The number of aryl methyl sites for hydroxylation is 2. The van der Waals surface area contributed by atoms with Gasteiger partial charge in [-0.2, -0.15) is 5.10 Å². The fraction of sp³-hybridized carbons (Fsp3) is 0.357. The molecule has 0 saturated heterocycles. The number of nitrogens with one attached hydrogen (secondary N) is 1. The summed E-state index contributed by atoms with van der Waals surface area (Å²) in [4.78, 5) is 0. The van der Waals surface area contributed by atoms with Crippen molar-refractivity contribution in [2.75, 3.05) is 12.4 Å². The smallest absolute Gasteiger partial charge is 0.121 e. The first kappa shape index (κ1) is 12.5. The quantitative estimate of drug-likeness (QED) is 0.900. The summed E-state index contributed by atoms with van der Waals surface area (Å²) < 4.78 is 7.05. The minimum Gasteiger partial charge on any atom is -0.496 e. The number of hydrogen-bond acceptors (Lipinski definition) is 3. The number of hydrogen-bond donors (Lipinski definition) is 1. The van der Waals surface area contributed by atoms with Gasteiger partial charge in [0.25, 0.3) is 0 Å². The van der Waals surface area contributed by atoms with Gasteiger partial charge in [0.05, 0.1) is 19.0 Å². The molecule has 0 aliphatic rings. The predicted octanol–water partition coefficient (Wildman–Crippen LogP) is 2.91. The fourth-order valence-electron chi connectivity index (χ4n) is 2.00. The molecule has 4 heteroatoms. The van der Waals surface area contributed by atoms with Crippen LogP contribution in [0.15, 0.2) is 30.6 Å². The van der Waals surface area contributed by atoms with Gasteiger partial charge in [-0.25, -0.2) is 0 Å². The number of benzene rings is 1. The molecule has 4 nitrogen and oxygen atoms in total. The maximum atomic E-state index is 5.27. The van der Waals surface area contributed by atoms with Crippen molar-refractivity contribution in [1.29, 1.82) is 0 Å². The van der Waals surface area contributed by atoms with E-state index in [1.54, 1.807) is 11.8 Å². The molecule has 1 atom stereocenters. The van der Waals surface area contributed by atoms with Gasteiger partial charge < -0.3 is 10.1 Å². The first-order valence-electron chi connectivity index (χ1n) is 6.00. The standard InChI is InChI=1S/C14H19N3O/c1-10-7-12(5-6-14(10)18-4)11(2)16-13-8-15-17(3)9-13/h5-9,11,16H,1-4H3/t11-/m0/s1. The van der Waals surface area contributed by atoms with Crippen LogP contribution in [-0.2, 0) is 7.05 Å². The van der Waals surface area contributed by atoms with Gasteiger partial charge in [-0.15, -0.1) is 0 Å². The van der Waals surface area contributed by atoms with E-state index >= 15 is 0 Å². The molecule has 1 N–H and O–H groups in total. The van der Waals surface area contributed by atoms with E-state index in [1.807, 2.05) is 25.5 Å². The Morgan fingerprint density at radius 1 is 1.39 bits per heavy atom. The van der Waals surface area contributed by atoms with Crippen LogP contribution in [0.3, 0.4) is 0 Å². The van der Waals surface area contributed by atoms with E-state index in [9.17, 15) is 0 Å². The second-order valence-corrected chi connectivity index (χ2v) is 4.50. The van der Waals surface area contributed by atoms with Crippen LogP contribution in [0.2, 0.25) is 0 Å². The van der Waals surface area contributed by atoms with Crippen molar-refractivity contribution < 1.29 is 4.74 Å². The van der Waals surface area contributed by atoms with Crippen LogP contribution in [0.1, 0.15) is 24.1 Å². The zero-order valence-electron chi connectivity index (χ0n) is 11.3. The molecule has 0 amide bonds. The van der Waals surface area contributed by atoms with Crippen LogP contribution >= 0.6 is 0 Å². The average molecular weight is 245 g/mol. The number of nitrogens with zero attached hydrogens (tertiary/aromatic N) is 2. The summed E-state index contributed by atoms with van der Waals surface area (Å²) in [5, 5.41) is 7.56. The lowest BCUT2D eigenvalue weighted by atomic mass is 10.0. The van der Waals surface area contributed by atoms with Gasteiger partial charge in [0.15, 0.2) is 0 Å². The maximum absolute atomic E-state index is 5.27. The second kappa shape index (κ2) is 5.12. The third kappa shape index (κ3) is 2.64. The topological polar surface area (TPSA) is 39.1 Å². The molecular formula is C14H19N3O. The van der Waals surface area contributed by atoms with Crippen LogP contribution in [0.25, 0.3) is 0 Å². The molecule has 0 aliphatic carbocycles. The van der Waals surface area contributed by atoms with E-state index in [0.29, 0.717) is 0 Å². The Balaban J connectivity index is 2.13. The molecule has 1 aromatic heterocycles. The minimum absolute atomic E-state index is 0.235. The van der Waals surface area contributed by atoms with Crippen molar-refractivity contribution in [3.63, 3.8) is 0 Å². The molecule has 0 saturated carbocycles. The van der Waals surface area contributed by atoms with E-state index in [2.05, 4.69) is 36.4 Å². The van der Waals surface area contributed by atoms with E-state index in [0.717, 1.165) is 17.0 Å². The van der Waals surface area contributed by atoms with Crippen molar-refractivity contribution in [1.82, 2.24) is 9.78 Å². The van der Waals surface area contributed by atoms with Crippen LogP contribution in [0, 0.1) is 6.92 Å². The van der Waals surface area contributed by atoms with Crippen molar-refractivity contribution in [3.05, 3.63) is 41.7 Å². The van der Waals surface area contributed by atoms with Crippen molar-refractivity contribution >= 4 is 5.69 Å². The molecule has 96 valence electrons. The first-order valence-corrected chi connectivity index (χ1v) is 6.00. The highest BCUT2D eigenvalue weighted by Crippen LogP contribution is 2.24. The highest BCUT2D eigenvalue weighted by atomic mass is 16.5. The molecule has 18 heavy (non-hydrogen) atoms. The van der Waals surface area contributed by atoms with E-state index in [1.165, 1.54) is 5.56 Å². The molecule has 0 radical (unpaired) electrons. The third-order valence-electron chi connectivity index (χ3n) is 3.01. The number of ether oxygens (including phenoxy) is 1. The van der Waals surface area contributed by atoms with Gasteiger partial charge in [0, 0.05) is 19.3 Å². The lowest BCUT2D eigenvalue weighted by Gasteiger charge is -2.15. The third-order valence-corrected chi connectivity index (χ3v) is 3.01. The minimum atomic E-state index is 0.235. The Morgan fingerprint density at radius 2 is 2.17 bits per heavy atom. The monoisotopic (exact) mass is 245 g/mol. The summed E-state index contributed by atoms with van der Waals surface area (Å²) in [5.41, 5.74) is 3.41. The molecule has 1 heterocycles. The van der Waals surface area contributed by atoms with Gasteiger partial charge in [0.2, 0.25) is 0 Å². The van der Waals surface area contributed by atoms with Crippen LogP contribution in [0.5, 0.6) is 5.75 Å². The fourth-order valence-corrected chi connectivity index (χ4v) is 2.00. The van der Waals surface area contributed by atoms with Gasteiger partial charge >= 0.3 is 0 Å². The Morgan fingerprint density at radius 3 is 2.72 bits per heavy atom. The molecule has 0 aliphatic heterocycles. The molecule has 2 rings (SSSR count). The summed E-state index contributed by atoms with van der Waals surface area (Å²) in [7, 11) is 3.60. The Labute approximate surface area is 108 Å². The average Bonchev–Trinajstić information content (AvgIpc) is 2.74. The lowest BCUT2D eigenvalue weighted by molar-refractivity contribution is 0.411. The summed E-state index contributed by atoms with van der Waals surface area (Å²) in [6, 6.07) is 6.47. The SMILES string of the molecule is COc1ccc([C@H](C)Nc2cnn(C)c2)cc1C. The molecule has 0 unspecified atom stereocenters. The van der Waals surface area contributed by atoms with Crippen LogP contribution < -0.4 is 10.1 Å². The summed E-state index contributed by atoms with van der Waals surface area (Å²) in [5.74, 6) is 0.923. The van der Waals surface area contributed by atoms with E-state index in [-0.39, 0.29) is 6.04 Å². The number of rotatable bonds is 4. The number of anilines is 1. The van der Waals surface area contributed by atoms with Gasteiger partial charge in [-0.05, 0) is 31.0 Å². The molecule has 2 aromatic rings. The maximum Gasteiger partial charge on any atom is 0.121 e. The summed E-state index contributed by atoms with van der Waals surface area (Å²) in [6.45, 7) is 4.19. The van der Waals surface area contributed by atoms with Crippen molar-refractivity contribution in [2.24, 2.45) is 7.05 Å². The van der Waals surface area contributed by atoms with Gasteiger partial charge in [-0.1, -0.05) is 12.1 Å². The normalized spacial score (nSPS) is 12.2. The Kier molecular flexibility index (Phi) is 3.55. The molecular weight excluding hydrogens is 226 g/mol. The molecule has 0 fully saturated rings. The zero-order chi connectivity index (χ0) is 13.1. The highest BCUT2D eigenvalue weighted by molar-refractivity contribution is 5.44. The highest BCUT2D eigenvalue weighted by Gasteiger charge is 2.08. The molecule has 0 spiro atoms. The van der Waals surface area contributed by atoms with E-state index in [4.69, 9.17) is 4.74 Å². The summed E-state index contributed by atoms with van der Waals surface area (Å²) >= 11 is 0. The molecule has 0 bridgehead atoms. The lowest BCUT2D eigenvalue weighted by Crippen LogP contribution is -2.06. The van der Waals surface area contributed by atoms with Crippen LogP contribution in [-0.4, -0.2) is 16.9 Å². The van der Waals surface area contributed by atoms with Crippen molar-refractivity contribution in [2.45, 2.75) is 19.9 Å². The zero-order valence-corrected chi connectivity index (χ0v) is 11.3. The Bertz CT molecular complexity index is 534. The van der Waals surface area contributed by atoms with Gasteiger partial charge in [0.1, 0.15) is 5.75 Å². The second-order valence-electron chi connectivity index (χ2n) is 4.50.